The number of nitrogen functional groups attached to an aromatic ring is 1. The molecule has 116 valence electrons. The number of hydrogen-bond acceptors (Lipinski definition) is 9. The molecular weight excluding hydrogens is 340 g/mol. The van der Waals surface area contributed by atoms with Crippen LogP contribution in [-0.2, 0) is 9.63 Å². The summed E-state index contributed by atoms with van der Waals surface area (Å²) in [5, 5.41) is 5.53. The van der Waals surface area contributed by atoms with Crippen LogP contribution in [0.5, 0.6) is 0 Å². The molecule has 0 atom stereocenters. The van der Waals surface area contributed by atoms with Crippen molar-refractivity contribution in [1.82, 2.24) is 9.97 Å². The Bertz CT molecular complexity index is 733. The first-order valence-electron chi connectivity index (χ1n) is 6.20. The van der Waals surface area contributed by atoms with Gasteiger partial charge < -0.3 is 10.6 Å². The molecule has 0 aromatic carbocycles. The summed E-state index contributed by atoms with van der Waals surface area (Å²) in [4.78, 5) is 26.6. The number of aromatic nitrogens is 2. The lowest BCUT2D eigenvalue weighted by molar-refractivity contribution is -0.105. The third-order valence-corrected chi connectivity index (χ3v) is 5.19. The maximum Gasteiger partial charge on any atom is 0.250 e. The number of anilines is 1. The zero-order valence-corrected chi connectivity index (χ0v) is 14.6. The molecule has 0 spiro atoms. The van der Waals surface area contributed by atoms with Crippen LogP contribution in [0.15, 0.2) is 21.0 Å². The lowest BCUT2D eigenvalue weighted by atomic mass is 10.3. The molecule has 0 saturated carbocycles. The van der Waals surface area contributed by atoms with E-state index in [9.17, 15) is 4.79 Å². The average Bonchev–Trinajstić information content (AvgIpc) is 3.03. The van der Waals surface area contributed by atoms with E-state index in [4.69, 9.17) is 10.6 Å². The zero-order valence-electron chi connectivity index (χ0n) is 12.2. The van der Waals surface area contributed by atoms with Gasteiger partial charge in [-0.3, -0.25) is 4.79 Å². The Morgan fingerprint density at radius 3 is 2.86 bits per heavy atom. The lowest BCUT2D eigenvalue weighted by Crippen LogP contribution is -2.13. The van der Waals surface area contributed by atoms with Gasteiger partial charge in [0.25, 0.3) is 0 Å². The largest absolute Gasteiger partial charge is 0.398 e. The van der Waals surface area contributed by atoms with Gasteiger partial charge in [-0.05, 0) is 31.7 Å². The number of thiazole rings is 2. The molecule has 0 radical (unpaired) electrons. The van der Waals surface area contributed by atoms with Gasteiger partial charge in [-0.1, -0.05) is 11.2 Å². The molecule has 0 bridgehead atoms. The Morgan fingerprint density at radius 2 is 2.27 bits per heavy atom. The minimum Gasteiger partial charge on any atom is -0.398 e. The maximum atomic E-state index is 12.4. The number of nitrogens with two attached hydrogens (primary N) is 1. The van der Waals surface area contributed by atoms with E-state index in [0.717, 1.165) is 22.3 Å². The maximum absolute atomic E-state index is 12.4. The third-order valence-electron chi connectivity index (χ3n) is 2.45. The van der Waals surface area contributed by atoms with Gasteiger partial charge in [-0.2, -0.15) is 0 Å². The van der Waals surface area contributed by atoms with E-state index in [1.807, 2.05) is 26.0 Å². The van der Waals surface area contributed by atoms with E-state index >= 15 is 0 Å². The monoisotopic (exact) mass is 354 g/mol. The Morgan fingerprint density at radius 1 is 1.50 bits per heavy atom. The highest BCUT2D eigenvalue weighted by Gasteiger charge is 2.21. The second kappa shape index (κ2) is 7.52. The first-order valence-corrected chi connectivity index (χ1v) is 8.71. The Kier molecular flexibility index (Phi) is 5.69. The molecule has 6 nitrogen and oxygen atoms in total. The van der Waals surface area contributed by atoms with E-state index < -0.39 is 0 Å². The standard InChI is InChI=1S/C13H14N4O2S3/c1-4-5-9-7(2)15-13(21-9)22-11(18)10(17-19-3)8-6-20-12(14)16-8/h4-6H,1-3H3,(H2,14,16). The molecule has 0 aliphatic rings. The Balaban J connectivity index is 2.22. The summed E-state index contributed by atoms with van der Waals surface area (Å²) in [5.74, 6) is 0. The van der Waals surface area contributed by atoms with Gasteiger partial charge in [0.05, 0.1) is 10.6 Å². The number of hydrogen-bond donors (Lipinski definition) is 1. The SMILES string of the molecule is CC=Cc1sc(SC(=O)C(=NOC)c2csc(N)n2)nc1C. The number of carbonyl (C=O) groups is 1. The molecule has 9 heteroatoms. The summed E-state index contributed by atoms with van der Waals surface area (Å²) in [7, 11) is 1.38. The average molecular weight is 354 g/mol. The van der Waals surface area contributed by atoms with Gasteiger partial charge >= 0.3 is 0 Å². The van der Waals surface area contributed by atoms with Crippen molar-refractivity contribution in [3.63, 3.8) is 0 Å². The topological polar surface area (TPSA) is 90.5 Å². The molecule has 0 fully saturated rings. The quantitative estimate of drug-likeness (QED) is 0.504. The number of rotatable bonds is 5. The van der Waals surface area contributed by atoms with Crippen LogP contribution in [0.4, 0.5) is 5.13 Å². The lowest BCUT2D eigenvalue weighted by Gasteiger charge is -1.99. The smallest absolute Gasteiger partial charge is 0.250 e. The third kappa shape index (κ3) is 3.93. The van der Waals surface area contributed by atoms with Gasteiger partial charge in [0, 0.05) is 5.38 Å². The van der Waals surface area contributed by atoms with Crippen molar-refractivity contribution < 1.29 is 9.63 Å². The fourth-order valence-electron chi connectivity index (χ4n) is 1.54. The molecule has 0 aliphatic heterocycles. The molecule has 0 saturated heterocycles. The van der Waals surface area contributed by atoms with Crippen molar-refractivity contribution in [2.24, 2.45) is 5.16 Å². The zero-order chi connectivity index (χ0) is 16.1. The van der Waals surface area contributed by atoms with Crippen molar-refractivity contribution >= 4 is 56.5 Å². The molecule has 0 aliphatic carbocycles. The highest BCUT2D eigenvalue weighted by Crippen LogP contribution is 2.29. The van der Waals surface area contributed by atoms with Gasteiger partial charge in [0.1, 0.15) is 12.8 Å². The van der Waals surface area contributed by atoms with Gasteiger partial charge in [-0.25, -0.2) is 9.97 Å². The minimum atomic E-state index is -0.284. The van der Waals surface area contributed by atoms with Crippen LogP contribution in [0.1, 0.15) is 23.2 Å². The Labute approximate surface area is 140 Å². The highest BCUT2D eigenvalue weighted by molar-refractivity contribution is 8.16. The molecule has 0 unspecified atom stereocenters. The summed E-state index contributed by atoms with van der Waals surface area (Å²) in [6.07, 6.45) is 3.90. The second-order valence-electron chi connectivity index (χ2n) is 4.01. The van der Waals surface area contributed by atoms with Crippen molar-refractivity contribution in [3.05, 3.63) is 27.7 Å². The van der Waals surface area contributed by atoms with Crippen molar-refractivity contribution in [1.29, 1.82) is 0 Å². The predicted octanol–water partition coefficient (Wildman–Crippen LogP) is 3.19. The number of nitrogens with zero attached hydrogens (tertiary/aromatic N) is 3. The molecule has 2 aromatic heterocycles. The minimum absolute atomic E-state index is 0.126. The number of allylic oxidation sites excluding steroid dienone is 1. The molecule has 22 heavy (non-hydrogen) atoms. The molecule has 2 aromatic rings. The van der Waals surface area contributed by atoms with Gasteiger partial charge in [-0.15, -0.1) is 22.7 Å². The van der Waals surface area contributed by atoms with Crippen LogP contribution in [0.3, 0.4) is 0 Å². The van der Waals surface area contributed by atoms with E-state index in [-0.39, 0.29) is 10.8 Å². The second-order valence-corrected chi connectivity index (χ2v) is 7.15. The summed E-state index contributed by atoms with van der Waals surface area (Å²) in [5.41, 5.74) is 7.02. The molecule has 0 amide bonds. The van der Waals surface area contributed by atoms with E-state index in [2.05, 4.69) is 15.1 Å². The van der Waals surface area contributed by atoms with Crippen molar-refractivity contribution in [2.45, 2.75) is 18.2 Å². The van der Waals surface area contributed by atoms with E-state index in [1.165, 1.54) is 29.8 Å². The fourth-order valence-corrected chi connectivity index (χ4v) is 4.10. The molecule has 2 heterocycles. The predicted molar refractivity (Wildman–Crippen MR) is 92.5 cm³/mol. The normalized spacial score (nSPS) is 12.0. The van der Waals surface area contributed by atoms with Crippen molar-refractivity contribution in [3.8, 4) is 0 Å². The van der Waals surface area contributed by atoms with Gasteiger partial charge in [0.2, 0.25) is 5.12 Å². The summed E-state index contributed by atoms with van der Waals surface area (Å²) in [6, 6.07) is 0. The first-order chi connectivity index (χ1) is 10.5. The van der Waals surface area contributed by atoms with Crippen LogP contribution in [-0.4, -0.2) is 27.9 Å². The molecule has 2 rings (SSSR count). The highest BCUT2D eigenvalue weighted by atomic mass is 32.2. The number of aryl methyl sites for hydroxylation is 1. The Hall–Kier alpha value is -1.71. The van der Waals surface area contributed by atoms with Crippen LogP contribution in [0.25, 0.3) is 6.08 Å². The van der Waals surface area contributed by atoms with Gasteiger partial charge in [0.15, 0.2) is 15.2 Å². The van der Waals surface area contributed by atoms with Crippen LogP contribution >= 0.6 is 34.4 Å². The summed E-state index contributed by atoms with van der Waals surface area (Å²) in [6.45, 7) is 3.85. The van der Waals surface area contributed by atoms with Crippen LogP contribution < -0.4 is 5.73 Å². The number of carbonyl (C=O) groups excluding carboxylic acids is 1. The van der Waals surface area contributed by atoms with Crippen LogP contribution in [0, 0.1) is 6.92 Å². The first kappa shape index (κ1) is 16.7. The fraction of sp³-hybridized carbons (Fsp3) is 0.231. The van der Waals surface area contributed by atoms with E-state index in [1.54, 1.807) is 5.38 Å². The molecule has 2 N–H and O–H groups in total. The van der Waals surface area contributed by atoms with Crippen molar-refractivity contribution in [2.75, 3.05) is 12.8 Å². The van der Waals surface area contributed by atoms with E-state index in [0.29, 0.717) is 15.2 Å². The van der Waals surface area contributed by atoms with Crippen LogP contribution in [0.2, 0.25) is 0 Å². The number of thioether (sulfide) groups is 1. The number of oxime groups is 1. The molecular formula is C13H14N4O2S3. The summed E-state index contributed by atoms with van der Waals surface area (Å²) < 4.78 is 0.655. The summed E-state index contributed by atoms with van der Waals surface area (Å²) >= 11 is 3.70.